The number of ether oxygens (including phenoxy) is 2. The zero-order chi connectivity index (χ0) is 15.4. The molecule has 1 amide bonds. The Labute approximate surface area is 129 Å². The molecule has 1 atom stereocenters. The second-order valence-corrected chi connectivity index (χ2v) is 4.91. The Hall–Kier alpha value is -2.93. The lowest BCUT2D eigenvalue weighted by molar-refractivity contribution is 0.0937. The molecule has 0 aromatic heterocycles. The molecule has 0 saturated carbocycles. The van der Waals surface area contributed by atoms with Gasteiger partial charge < -0.3 is 14.8 Å². The number of carbonyl (C=O) groups is 1. The smallest absolute Gasteiger partial charge is 0.251 e. The van der Waals surface area contributed by atoms with Gasteiger partial charge in [-0.25, -0.2) is 0 Å². The largest absolute Gasteiger partial charge is 0.454 e. The summed E-state index contributed by atoms with van der Waals surface area (Å²) in [5.41, 5.74) is 1.50. The Morgan fingerprint density at radius 2 is 1.95 bits per heavy atom. The molecular formula is C18H15NO3. The van der Waals surface area contributed by atoms with Gasteiger partial charge in [0.1, 0.15) is 0 Å². The lowest BCUT2D eigenvalue weighted by Crippen LogP contribution is -2.28. The summed E-state index contributed by atoms with van der Waals surface area (Å²) in [6, 6.07) is 14.6. The SMILES string of the molecule is C#CCC(NC(=O)c1ccc2c(c1)OCO2)c1ccccc1. The van der Waals surface area contributed by atoms with Crippen LogP contribution in [0.4, 0.5) is 0 Å². The number of hydrogen-bond acceptors (Lipinski definition) is 3. The number of amides is 1. The van der Waals surface area contributed by atoms with Crippen molar-refractivity contribution >= 4 is 5.91 Å². The number of terminal acetylenes is 1. The van der Waals surface area contributed by atoms with Crippen molar-refractivity contribution in [3.63, 3.8) is 0 Å². The van der Waals surface area contributed by atoms with Gasteiger partial charge in [0.25, 0.3) is 5.91 Å². The summed E-state index contributed by atoms with van der Waals surface area (Å²) < 4.78 is 10.5. The molecule has 4 heteroatoms. The molecule has 22 heavy (non-hydrogen) atoms. The van der Waals surface area contributed by atoms with E-state index in [-0.39, 0.29) is 18.7 Å². The van der Waals surface area contributed by atoms with Gasteiger partial charge in [0.05, 0.1) is 6.04 Å². The molecule has 0 fully saturated rings. The Kier molecular flexibility index (Phi) is 3.97. The first-order valence-corrected chi connectivity index (χ1v) is 6.97. The molecule has 110 valence electrons. The van der Waals surface area contributed by atoms with Crippen LogP contribution in [-0.4, -0.2) is 12.7 Å². The number of nitrogens with one attached hydrogen (secondary N) is 1. The summed E-state index contributed by atoms with van der Waals surface area (Å²) in [6.45, 7) is 0.185. The van der Waals surface area contributed by atoms with E-state index < -0.39 is 0 Å². The fourth-order valence-electron chi connectivity index (χ4n) is 2.33. The first-order valence-electron chi connectivity index (χ1n) is 6.97. The van der Waals surface area contributed by atoms with Gasteiger partial charge in [0.15, 0.2) is 11.5 Å². The van der Waals surface area contributed by atoms with E-state index in [1.807, 2.05) is 30.3 Å². The number of fused-ring (bicyclic) bond motifs is 1. The first-order chi connectivity index (χ1) is 10.8. The lowest BCUT2D eigenvalue weighted by Gasteiger charge is -2.17. The van der Waals surface area contributed by atoms with Crippen molar-refractivity contribution in [2.24, 2.45) is 0 Å². The maximum Gasteiger partial charge on any atom is 0.251 e. The molecule has 0 spiro atoms. The van der Waals surface area contributed by atoms with Crippen molar-refractivity contribution in [2.45, 2.75) is 12.5 Å². The standard InChI is InChI=1S/C18H15NO3/c1-2-6-15(13-7-4-3-5-8-13)19-18(20)14-9-10-16-17(11-14)22-12-21-16/h1,3-5,7-11,15H,6,12H2,(H,19,20). The summed E-state index contributed by atoms with van der Waals surface area (Å²) in [5, 5.41) is 2.96. The molecule has 1 aliphatic rings. The second kappa shape index (κ2) is 6.23. The molecule has 4 nitrogen and oxygen atoms in total. The van der Waals surface area contributed by atoms with E-state index in [0.717, 1.165) is 5.56 Å². The molecule has 0 radical (unpaired) electrons. The van der Waals surface area contributed by atoms with Crippen LogP contribution in [0.5, 0.6) is 11.5 Å². The maximum atomic E-state index is 12.4. The van der Waals surface area contributed by atoms with Crippen molar-refractivity contribution in [1.29, 1.82) is 0 Å². The van der Waals surface area contributed by atoms with Crippen LogP contribution in [-0.2, 0) is 0 Å². The summed E-state index contributed by atoms with van der Waals surface area (Å²) in [5.74, 6) is 3.65. The van der Waals surface area contributed by atoms with Gasteiger partial charge in [-0.2, -0.15) is 0 Å². The minimum absolute atomic E-state index is 0.185. The third-order valence-corrected chi connectivity index (χ3v) is 3.46. The minimum atomic E-state index is -0.218. The lowest BCUT2D eigenvalue weighted by atomic mass is 10.0. The van der Waals surface area contributed by atoms with E-state index in [4.69, 9.17) is 15.9 Å². The first kappa shape index (κ1) is 14.0. The average Bonchev–Trinajstić information content (AvgIpc) is 3.02. The third kappa shape index (κ3) is 2.89. The van der Waals surface area contributed by atoms with E-state index >= 15 is 0 Å². The number of benzene rings is 2. The van der Waals surface area contributed by atoms with Crippen LogP contribution < -0.4 is 14.8 Å². The van der Waals surface area contributed by atoms with Crippen molar-refractivity contribution in [1.82, 2.24) is 5.32 Å². The molecule has 1 unspecified atom stereocenters. The molecule has 0 saturated heterocycles. The predicted molar refractivity (Wildman–Crippen MR) is 82.7 cm³/mol. The maximum absolute atomic E-state index is 12.4. The fourth-order valence-corrected chi connectivity index (χ4v) is 2.33. The van der Waals surface area contributed by atoms with Gasteiger partial charge in [-0.15, -0.1) is 12.3 Å². The highest BCUT2D eigenvalue weighted by Gasteiger charge is 2.18. The highest BCUT2D eigenvalue weighted by molar-refractivity contribution is 5.95. The van der Waals surface area contributed by atoms with Crippen LogP contribution >= 0.6 is 0 Å². The Morgan fingerprint density at radius 1 is 1.18 bits per heavy atom. The molecule has 2 aromatic carbocycles. The summed E-state index contributed by atoms with van der Waals surface area (Å²) in [7, 11) is 0. The third-order valence-electron chi connectivity index (χ3n) is 3.46. The van der Waals surface area contributed by atoms with E-state index in [0.29, 0.717) is 23.5 Å². The zero-order valence-corrected chi connectivity index (χ0v) is 11.9. The van der Waals surface area contributed by atoms with E-state index in [2.05, 4.69) is 11.2 Å². The van der Waals surface area contributed by atoms with Crippen LogP contribution in [0.15, 0.2) is 48.5 Å². The normalized spacial score (nSPS) is 13.2. The highest BCUT2D eigenvalue weighted by Crippen LogP contribution is 2.32. The van der Waals surface area contributed by atoms with Crippen molar-refractivity contribution < 1.29 is 14.3 Å². The minimum Gasteiger partial charge on any atom is -0.454 e. The van der Waals surface area contributed by atoms with Crippen LogP contribution in [0.3, 0.4) is 0 Å². The average molecular weight is 293 g/mol. The molecule has 0 bridgehead atoms. The number of rotatable bonds is 4. The highest BCUT2D eigenvalue weighted by atomic mass is 16.7. The van der Waals surface area contributed by atoms with Crippen molar-refractivity contribution in [3.8, 4) is 23.8 Å². The van der Waals surface area contributed by atoms with Gasteiger partial charge in [0, 0.05) is 12.0 Å². The molecule has 1 N–H and O–H groups in total. The molecule has 0 aliphatic carbocycles. The molecule has 1 aliphatic heterocycles. The number of hydrogen-bond donors (Lipinski definition) is 1. The van der Waals surface area contributed by atoms with Gasteiger partial charge in [-0.1, -0.05) is 30.3 Å². The Bertz CT molecular complexity index is 719. The van der Waals surface area contributed by atoms with Crippen molar-refractivity contribution in [2.75, 3.05) is 6.79 Å². The molecule has 2 aromatic rings. The summed E-state index contributed by atoms with van der Waals surface area (Å²) in [4.78, 5) is 12.4. The van der Waals surface area contributed by atoms with Crippen LogP contribution in [0.2, 0.25) is 0 Å². The summed E-state index contributed by atoms with van der Waals surface area (Å²) in [6.07, 6.45) is 5.85. The molecular weight excluding hydrogens is 278 g/mol. The topological polar surface area (TPSA) is 47.6 Å². The monoisotopic (exact) mass is 293 g/mol. The zero-order valence-electron chi connectivity index (χ0n) is 11.9. The second-order valence-electron chi connectivity index (χ2n) is 4.91. The Morgan fingerprint density at radius 3 is 2.73 bits per heavy atom. The van der Waals surface area contributed by atoms with Crippen molar-refractivity contribution in [3.05, 3.63) is 59.7 Å². The molecule has 3 rings (SSSR count). The van der Waals surface area contributed by atoms with Crippen LogP contribution in [0, 0.1) is 12.3 Å². The fraction of sp³-hybridized carbons (Fsp3) is 0.167. The van der Waals surface area contributed by atoms with Crippen LogP contribution in [0.25, 0.3) is 0 Å². The van der Waals surface area contributed by atoms with E-state index in [1.165, 1.54) is 0 Å². The van der Waals surface area contributed by atoms with Crippen LogP contribution in [0.1, 0.15) is 28.4 Å². The quantitative estimate of drug-likeness (QED) is 0.882. The van der Waals surface area contributed by atoms with Gasteiger partial charge in [-0.05, 0) is 23.8 Å². The number of carbonyl (C=O) groups excluding carboxylic acids is 1. The van der Waals surface area contributed by atoms with Gasteiger partial charge >= 0.3 is 0 Å². The summed E-state index contributed by atoms with van der Waals surface area (Å²) >= 11 is 0. The van der Waals surface area contributed by atoms with E-state index in [9.17, 15) is 4.79 Å². The predicted octanol–water partition coefficient (Wildman–Crippen LogP) is 2.91. The van der Waals surface area contributed by atoms with Gasteiger partial charge in [0.2, 0.25) is 6.79 Å². The molecule has 1 heterocycles. The van der Waals surface area contributed by atoms with E-state index in [1.54, 1.807) is 18.2 Å². The van der Waals surface area contributed by atoms with Gasteiger partial charge in [-0.3, -0.25) is 4.79 Å². The Balaban J connectivity index is 1.78.